The first-order valence-electron chi connectivity index (χ1n) is 8.20. The highest BCUT2D eigenvalue weighted by Gasteiger charge is 2.16. The third-order valence-electron chi connectivity index (χ3n) is 3.68. The zero-order valence-electron chi connectivity index (χ0n) is 14.5. The van der Waals surface area contributed by atoms with E-state index in [0.29, 0.717) is 28.4 Å². The number of carbonyl (C=O) groups excluding carboxylic acids is 2. The molecule has 0 saturated heterocycles. The monoisotopic (exact) mass is 366 g/mol. The van der Waals surface area contributed by atoms with Gasteiger partial charge in [0.2, 0.25) is 0 Å². The number of amides is 1. The minimum atomic E-state index is -0.379. The number of nitrogens with one attached hydrogen (secondary N) is 1. The fourth-order valence-corrected chi connectivity index (χ4v) is 3.37. The molecule has 0 fully saturated rings. The number of aromatic nitrogens is 1. The van der Waals surface area contributed by atoms with E-state index < -0.39 is 0 Å². The van der Waals surface area contributed by atoms with Gasteiger partial charge in [-0.25, -0.2) is 9.78 Å². The molecule has 0 bridgehead atoms. The minimum absolute atomic E-state index is 0.217. The number of hydrogen-bond donors (Lipinski definition) is 1. The zero-order valence-corrected chi connectivity index (χ0v) is 15.3. The first-order valence-corrected chi connectivity index (χ1v) is 9.01. The first kappa shape index (κ1) is 17.8. The Labute approximate surface area is 155 Å². The molecule has 0 atom stereocenters. The molecule has 26 heavy (non-hydrogen) atoms. The van der Waals surface area contributed by atoms with Gasteiger partial charge in [0.15, 0.2) is 0 Å². The van der Waals surface area contributed by atoms with E-state index in [1.165, 1.54) is 11.3 Å². The van der Waals surface area contributed by atoms with E-state index in [4.69, 9.17) is 4.74 Å². The van der Waals surface area contributed by atoms with E-state index in [1.54, 1.807) is 31.2 Å². The summed E-state index contributed by atoms with van der Waals surface area (Å²) in [7, 11) is 0. The van der Waals surface area contributed by atoms with Crippen molar-refractivity contribution in [1.82, 2.24) is 4.98 Å². The van der Waals surface area contributed by atoms with Gasteiger partial charge in [-0.2, -0.15) is 0 Å². The molecule has 1 heterocycles. The third kappa shape index (κ3) is 3.97. The van der Waals surface area contributed by atoms with Crippen molar-refractivity contribution in [2.24, 2.45) is 0 Å². The van der Waals surface area contributed by atoms with E-state index in [1.807, 2.05) is 37.3 Å². The molecule has 1 amide bonds. The van der Waals surface area contributed by atoms with Crippen LogP contribution in [-0.4, -0.2) is 23.5 Å². The normalized spacial score (nSPS) is 10.4. The first-order chi connectivity index (χ1) is 12.6. The SMILES string of the molecule is CCOC(=O)c1ccc(NC(=O)c2sc(-c3ccccc3)nc2C)cc1. The smallest absolute Gasteiger partial charge is 0.338 e. The number of benzene rings is 2. The Morgan fingerprint density at radius 2 is 1.77 bits per heavy atom. The van der Waals surface area contributed by atoms with Crippen molar-refractivity contribution in [1.29, 1.82) is 0 Å². The van der Waals surface area contributed by atoms with Crippen LogP contribution in [0.2, 0.25) is 0 Å². The largest absolute Gasteiger partial charge is 0.462 e. The van der Waals surface area contributed by atoms with E-state index in [-0.39, 0.29) is 11.9 Å². The van der Waals surface area contributed by atoms with Crippen LogP contribution in [0.5, 0.6) is 0 Å². The van der Waals surface area contributed by atoms with Crippen LogP contribution in [0.1, 0.15) is 32.6 Å². The Hall–Kier alpha value is -2.99. The van der Waals surface area contributed by atoms with Crippen molar-refractivity contribution in [2.75, 3.05) is 11.9 Å². The summed E-state index contributed by atoms with van der Waals surface area (Å²) >= 11 is 1.36. The van der Waals surface area contributed by atoms with Crippen LogP contribution in [0.25, 0.3) is 10.6 Å². The maximum absolute atomic E-state index is 12.6. The summed E-state index contributed by atoms with van der Waals surface area (Å²) < 4.78 is 4.95. The summed E-state index contributed by atoms with van der Waals surface area (Å²) in [5.41, 5.74) is 2.73. The molecule has 0 spiro atoms. The van der Waals surface area contributed by atoms with Gasteiger partial charge in [-0.05, 0) is 38.1 Å². The standard InChI is InChI=1S/C20H18N2O3S/c1-3-25-20(24)15-9-11-16(12-10-15)22-18(23)17-13(2)21-19(26-17)14-7-5-4-6-8-14/h4-12H,3H2,1-2H3,(H,22,23). The van der Waals surface area contributed by atoms with Gasteiger partial charge < -0.3 is 10.1 Å². The van der Waals surface area contributed by atoms with E-state index >= 15 is 0 Å². The molecule has 0 radical (unpaired) electrons. The number of thiazole rings is 1. The second kappa shape index (κ2) is 7.93. The zero-order chi connectivity index (χ0) is 18.5. The summed E-state index contributed by atoms with van der Waals surface area (Å²) in [6, 6.07) is 16.4. The maximum atomic E-state index is 12.6. The van der Waals surface area contributed by atoms with Crippen LogP contribution in [0.15, 0.2) is 54.6 Å². The molecule has 0 unspecified atom stereocenters. The number of esters is 1. The molecule has 2 aromatic carbocycles. The molecule has 1 N–H and O–H groups in total. The molecule has 132 valence electrons. The molecule has 0 saturated carbocycles. The van der Waals surface area contributed by atoms with E-state index in [0.717, 1.165) is 10.6 Å². The molecule has 6 heteroatoms. The second-order valence-corrected chi connectivity index (χ2v) is 6.55. The molecule has 1 aromatic heterocycles. The van der Waals surface area contributed by atoms with Crippen LogP contribution in [0.4, 0.5) is 5.69 Å². The van der Waals surface area contributed by atoms with Crippen molar-refractivity contribution in [3.05, 3.63) is 70.7 Å². The van der Waals surface area contributed by atoms with Crippen LogP contribution in [0.3, 0.4) is 0 Å². The van der Waals surface area contributed by atoms with Gasteiger partial charge in [-0.1, -0.05) is 30.3 Å². The van der Waals surface area contributed by atoms with Gasteiger partial charge in [-0.15, -0.1) is 11.3 Å². The van der Waals surface area contributed by atoms with Gasteiger partial charge in [0.05, 0.1) is 17.9 Å². The van der Waals surface area contributed by atoms with E-state index in [9.17, 15) is 9.59 Å². The summed E-state index contributed by atoms with van der Waals surface area (Å²) in [6.45, 7) is 3.90. The topological polar surface area (TPSA) is 68.3 Å². The molecule has 3 aromatic rings. The summed E-state index contributed by atoms with van der Waals surface area (Å²) in [5.74, 6) is -0.595. The Kier molecular flexibility index (Phi) is 5.43. The molecule has 0 aliphatic carbocycles. The summed E-state index contributed by atoms with van der Waals surface area (Å²) in [4.78, 5) is 29.3. The van der Waals surface area contributed by atoms with Gasteiger partial charge >= 0.3 is 5.97 Å². The van der Waals surface area contributed by atoms with Crippen LogP contribution in [-0.2, 0) is 4.74 Å². The van der Waals surface area contributed by atoms with E-state index in [2.05, 4.69) is 10.3 Å². The minimum Gasteiger partial charge on any atom is -0.462 e. The lowest BCUT2D eigenvalue weighted by molar-refractivity contribution is 0.0526. The number of anilines is 1. The van der Waals surface area contributed by atoms with Crippen molar-refractivity contribution in [3.63, 3.8) is 0 Å². The van der Waals surface area contributed by atoms with Crippen LogP contribution >= 0.6 is 11.3 Å². The molecular formula is C20H18N2O3S. The average molecular weight is 366 g/mol. The van der Waals surface area contributed by atoms with Gasteiger partial charge in [0.1, 0.15) is 9.88 Å². The number of rotatable bonds is 5. The molecular weight excluding hydrogens is 348 g/mol. The predicted molar refractivity (Wildman–Crippen MR) is 103 cm³/mol. The fraction of sp³-hybridized carbons (Fsp3) is 0.150. The average Bonchev–Trinajstić information content (AvgIpc) is 3.05. The second-order valence-electron chi connectivity index (χ2n) is 5.55. The van der Waals surface area contributed by atoms with Crippen LogP contribution < -0.4 is 5.32 Å². The highest BCUT2D eigenvalue weighted by molar-refractivity contribution is 7.17. The van der Waals surface area contributed by atoms with Gasteiger partial charge in [-0.3, -0.25) is 4.79 Å². The molecule has 3 rings (SSSR count). The fourth-order valence-electron chi connectivity index (χ4n) is 2.40. The quantitative estimate of drug-likeness (QED) is 0.673. The third-order valence-corrected chi connectivity index (χ3v) is 4.88. The summed E-state index contributed by atoms with van der Waals surface area (Å²) in [5, 5.41) is 3.65. The van der Waals surface area contributed by atoms with Crippen molar-refractivity contribution in [2.45, 2.75) is 13.8 Å². The number of nitrogens with zero attached hydrogens (tertiary/aromatic N) is 1. The Bertz CT molecular complexity index is 918. The van der Waals surface area contributed by atoms with Crippen LogP contribution in [0, 0.1) is 6.92 Å². The van der Waals surface area contributed by atoms with Crippen molar-refractivity contribution in [3.8, 4) is 10.6 Å². The summed E-state index contributed by atoms with van der Waals surface area (Å²) in [6.07, 6.45) is 0. The number of carbonyl (C=O) groups is 2. The Morgan fingerprint density at radius 3 is 2.42 bits per heavy atom. The lowest BCUT2D eigenvalue weighted by Gasteiger charge is -2.05. The molecule has 0 aliphatic heterocycles. The Morgan fingerprint density at radius 1 is 1.08 bits per heavy atom. The number of ether oxygens (including phenoxy) is 1. The molecule has 5 nitrogen and oxygen atoms in total. The van der Waals surface area contributed by atoms with Crippen molar-refractivity contribution < 1.29 is 14.3 Å². The molecule has 0 aliphatic rings. The highest BCUT2D eigenvalue weighted by Crippen LogP contribution is 2.28. The maximum Gasteiger partial charge on any atom is 0.338 e. The predicted octanol–water partition coefficient (Wildman–Crippen LogP) is 4.55. The number of aryl methyl sites for hydroxylation is 1. The van der Waals surface area contributed by atoms with Gasteiger partial charge in [0, 0.05) is 11.3 Å². The van der Waals surface area contributed by atoms with Gasteiger partial charge in [0.25, 0.3) is 5.91 Å². The van der Waals surface area contributed by atoms with Crippen molar-refractivity contribution >= 4 is 28.9 Å². The lowest BCUT2D eigenvalue weighted by atomic mass is 10.2. The number of hydrogen-bond acceptors (Lipinski definition) is 5. The lowest BCUT2D eigenvalue weighted by Crippen LogP contribution is -2.12. The highest BCUT2D eigenvalue weighted by atomic mass is 32.1. The Balaban J connectivity index is 1.74.